The molecule has 0 radical (unpaired) electrons. The molecule has 0 saturated heterocycles. The summed E-state index contributed by atoms with van der Waals surface area (Å²) in [7, 11) is -3.91. The number of halogens is 1. The maximum atomic E-state index is 13.3. The van der Waals surface area contributed by atoms with Gasteiger partial charge in [-0.3, -0.25) is 4.72 Å². The molecular weight excluding hydrogens is 436 g/mol. The fourth-order valence-corrected chi connectivity index (χ4v) is 7.35. The molecule has 0 aliphatic heterocycles. The molecule has 1 aliphatic carbocycles. The number of nitriles is 1. The summed E-state index contributed by atoms with van der Waals surface area (Å²) in [6.45, 7) is 6.69. The van der Waals surface area contributed by atoms with Crippen LogP contribution in [0.5, 0.6) is 0 Å². The number of nitrogens with one attached hydrogen (secondary N) is 1. The Hall–Kier alpha value is -2.07. The maximum absolute atomic E-state index is 13.3. The highest BCUT2D eigenvalue weighted by Gasteiger charge is 2.33. The number of hydrogen-bond acceptors (Lipinski definition) is 4. The molecule has 1 atom stereocenters. The number of sulfonamides is 1. The lowest BCUT2D eigenvalue weighted by molar-refractivity contribution is 0.218. The molecule has 4 nitrogen and oxygen atoms in total. The lowest BCUT2D eigenvalue weighted by atomic mass is 9.72. The Kier molecular flexibility index (Phi) is 5.34. The summed E-state index contributed by atoms with van der Waals surface area (Å²) in [5, 5.41) is 11.8. The Morgan fingerprint density at radius 3 is 2.57 bits per heavy atom. The van der Waals surface area contributed by atoms with Crippen molar-refractivity contribution in [2.45, 2.75) is 44.9 Å². The Labute approximate surface area is 186 Å². The van der Waals surface area contributed by atoms with E-state index in [1.807, 2.05) is 12.1 Å². The van der Waals surface area contributed by atoms with Crippen molar-refractivity contribution >= 4 is 48.7 Å². The average Bonchev–Trinajstić information content (AvgIpc) is 3.02. The molecule has 1 aliphatic rings. The summed E-state index contributed by atoms with van der Waals surface area (Å²) in [6, 6.07) is 12.6. The van der Waals surface area contributed by atoms with Gasteiger partial charge in [0, 0.05) is 15.3 Å². The van der Waals surface area contributed by atoms with Crippen LogP contribution in [0.15, 0.2) is 41.3 Å². The van der Waals surface area contributed by atoms with E-state index in [1.54, 1.807) is 24.3 Å². The van der Waals surface area contributed by atoms with Crippen LogP contribution in [-0.4, -0.2) is 8.42 Å². The fraction of sp³-hybridized carbons (Fsp3) is 0.348. The van der Waals surface area contributed by atoms with Crippen molar-refractivity contribution in [2.24, 2.45) is 11.3 Å². The Morgan fingerprint density at radius 1 is 1.20 bits per heavy atom. The number of hydrogen-bond donors (Lipinski definition) is 1. The number of thiophene rings is 1. The molecule has 30 heavy (non-hydrogen) atoms. The summed E-state index contributed by atoms with van der Waals surface area (Å²) >= 11 is 7.72. The number of benzene rings is 2. The predicted octanol–water partition coefficient (Wildman–Crippen LogP) is 6.38. The summed E-state index contributed by atoms with van der Waals surface area (Å²) in [4.78, 5) is 1.24. The number of rotatable bonds is 3. The highest BCUT2D eigenvalue weighted by molar-refractivity contribution is 7.93. The first-order chi connectivity index (χ1) is 14.1. The lowest BCUT2D eigenvalue weighted by Crippen LogP contribution is -2.26. The molecular formula is C23H23ClN2O2S2. The highest BCUT2D eigenvalue weighted by atomic mass is 35.5. The number of fused-ring (bicyclic) bond motifs is 2. The van der Waals surface area contributed by atoms with Crippen LogP contribution in [0, 0.1) is 22.7 Å². The van der Waals surface area contributed by atoms with Crippen LogP contribution in [0.2, 0.25) is 5.02 Å². The standard InChI is InChI=1S/C23H23ClN2O2S2/c1-23(2,3)15-10-11-16-17(13-25)22(29-19(16)12-15)26-30(27,28)20-9-5-7-14-6-4-8-18(24)21(14)20/h4-9,15,26H,10-12H2,1-3H3/t15-/m1/s1. The van der Waals surface area contributed by atoms with Gasteiger partial charge in [0.15, 0.2) is 0 Å². The normalized spacial score (nSPS) is 16.8. The number of anilines is 1. The van der Waals surface area contributed by atoms with Crippen LogP contribution >= 0.6 is 22.9 Å². The Balaban J connectivity index is 1.76. The second-order valence-corrected chi connectivity index (χ2v) is 12.0. The maximum Gasteiger partial charge on any atom is 0.263 e. The molecule has 0 fully saturated rings. The molecule has 7 heteroatoms. The molecule has 2 aromatic carbocycles. The molecule has 1 heterocycles. The first-order valence-electron chi connectivity index (χ1n) is 9.86. The Morgan fingerprint density at radius 2 is 1.90 bits per heavy atom. The number of nitrogens with zero attached hydrogens (tertiary/aromatic N) is 1. The van der Waals surface area contributed by atoms with Crippen LogP contribution in [-0.2, 0) is 22.9 Å². The first kappa shape index (κ1) is 21.2. The molecule has 4 rings (SSSR count). The van der Waals surface area contributed by atoms with E-state index in [2.05, 4.69) is 31.6 Å². The summed E-state index contributed by atoms with van der Waals surface area (Å²) < 4.78 is 29.3. The molecule has 0 spiro atoms. The summed E-state index contributed by atoms with van der Waals surface area (Å²) in [6.07, 6.45) is 2.69. The zero-order chi connectivity index (χ0) is 21.7. The minimum absolute atomic E-state index is 0.119. The average molecular weight is 459 g/mol. The minimum atomic E-state index is -3.91. The highest BCUT2D eigenvalue weighted by Crippen LogP contribution is 2.44. The third-order valence-corrected chi connectivity index (χ3v) is 8.94. The molecule has 0 saturated carbocycles. The van der Waals surface area contributed by atoms with E-state index in [9.17, 15) is 13.7 Å². The van der Waals surface area contributed by atoms with Gasteiger partial charge in [0.2, 0.25) is 0 Å². The fourth-order valence-electron chi connectivity index (χ4n) is 4.18. The topological polar surface area (TPSA) is 70.0 Å². The predicted molar refractivity (Wildman–Crippen MR) is 124 cm³/mol. The Bertz CT molecular complexity index is 1280. The lowest BCUT2D eigenvalue weighted by Gasteiger charge is -2.33. The quantitative estimate of drug-likeness (QED) is 0.495. The van der Waals surface area contributed by atoms with Gasteiger partial charge in [-0.15, -0.1) is 11.3 Å². The summed E-state index contributed by atoms with van der Waals surface area (Å²) in [5.74, 6) is 0.511. The van der Waals surface area contributed by atoms with E-state index in [4.69, 9.17) is 11.6 Å². The van der Waals surface area contributed by atoms with Crippen LogP contribution in [0.4, 0.5) is 5.00 Å². The van der Waals surface area contributed by atoms with Gasteiger partial charge >= 0.3 is 0 Å². The molecule has 156 valence electrons. The molecule has 0 amide bonds. The monoisotopic (exact) mass is 458 g/mol. The third kappa shape index (κ3) is 3.71. The first-order valence-corrected chi connectivity index (χ1v) is 12.5. The van der Waals surface area contributed by atoms with Crippen LogP contribution in [0.3, 0.4) is 0 Å². The van der Waals surface area contributed by atoms with Crippen molar-refractivity contribution in [2.75, 3.05) is 4.72 Å². The second kappa shape index (κ2) is 7.56. The molecule has 1 aromatic heterocycles. The van der Waals surface area contributed by atoms with Gasteiger partial charge in [-0.05, 0) is 53.7 Å². The molecule has 1 N–H and O–H groups in total. The van der Waals surface area contributed by atoms with Crippen LogP contribution < -0.4 is 4.72 Å². The zero-order valence-electron chi connectivity index (χ0n) is 17.1. The van der Waals surface area contributed by atoms with E-state index in [0.717, 1.165) is 35.1 Å². The van der Waals surface area contributed by atoms with Gasteiger partial charge in [0.1, 0.15) is 11.1 Å². The van der Waals surface area contributed by atoms with Gasteiger partial charge in [-0.25, -0.2) is 8.42 Å². The smallest absolute Gasteiger partial charge is 0.263 e. The van der Waals surface area contributed by atoms with Crippen molar-refractivity contribution in [3.8, 4) is 6.07 Å². The van der Waals surface area contributed by atoms with Crippen LogP contribution in [0.25, 0.3) is 10.8 Å². The van der Waals surface area contributed by atoms with E-state index in [-0.39, 0.29) is 10.3 Å². The van der Waals surface area contributed by atoms with E-state index in [1.165, 1.54) is 11.3 Å². The third-order valence-electron chi connectivity index (χ3n) is 5.93. The van der Waals surface area contributed by atoms with Gasteiger partial charge in [0.25, 0.3) is 10.0 Å². The van der Waals surface area contributed by atoms with Gasteiger partial charge in [-0.2, -0.15) is 5.26 Å². The van der Waals surface area contributed by atoms with E-state index in [0.29, 0.717) is 26.9 Å². The zero-order valence-corrected chi connectivity index (χ0v) is 19.5. The second-order valence-electron chi connectivity index (χ2n) is 8.83. The molecule has 0 unspecified atom stereocenters. The minimum Gasteiger partial charge on any atom is -0.269 e. The van der Waals surface area contributed by atoms with E-state index < -0.39 is 10.0 Å². The summed E-state index contributed by atoms with van der Waals surface area (Å²) in [5.41, 5.74) is 1.63. The van der Waals surface area contributed by atoms with Crippen molar-refractivity contribution < 1.29 is 8.42 Å². The van der Waals surface area contributed by atoms with Crippen LogP contribution in [0.1, 0.15) is 43.2 Å². The van der Waals surface area contributed by atoms with Crippen molar-refractivity contribution in [3.05, 3.63) is 57.4 Å². The molecule has 0 bridgehead atoms. The van der Waals surface area contributed by atoms with Crippen molar-refractivity contribution in [3.63, 3.8) is 0 Å². The van der Waals surface area contributed by atoms with E-state index >= 15 is 0 Å². The van der Waals surface area contributed by atoms with Gasteiger partial charge in [0.05, 0.1) is 10.5 Å². The molecule has 3 aromatic rings. The van der Waals surface area contributed by atoms with Gasteiger partial charge < -0.3 is 0 Å². The van der Waals surface area contributed by atoms with Crippen molar-refractivity contribution in [1.82, 2.24) is 0 Å². The SMILES string of the molecule is CC(C)(C)[C@@H]1CCc2c(sc(NS(=O)(=O)c3cccc4cccc(Cl)c34)c2C#N)C1. The largest absolute Gasteiger partial charge is 0.269 e. The van der Waals surface area contributed by atoms with Crippen molar-refractivity contribution in [1.29, 1.82) is 5.26 Å². The van der Waals surface area contributed by atoms with Gasteiger partial charge in [-0.1, -0.05) is 56.6 Å².